The van der Waals surface area contributed by atoms with Gasteiger partial charge in [-0.15, -0.1) is 11.3 Å². The van der Waals surface area contributed by atoms with Gasteiger partial charge in [-0.3, -0.25) is 0 Å². The third kappa shape index (κ3) is 7.05. The fourth-order valence-electron chi connectivity index (χ4n) is 4.84. The van der Waals surface area contributed by atoms with Gasteiger partial charge in [-0.05, 0) is 51.5 Å². The first-order valence-electron chi connectivity index (χ1n) is 12.4. The maximum absolute atomic E-state index is 9.68. The van der Waals surface area contributed by atoms with Gasteiger partial charge in [-0.1, -0.05) is 11.6 Å². The largest absolute Gasteiger partial charge is 0.383 e. The highest BCUT2D eigenvalue weighted by molar-refractivity contribution is 7.14. The van der Waals surface area contributed by atoms with E-state index in [1.165, 1.54) is 11.3 Å². The molecule has 0 unspecified atom stereocenters. The molecule has 0 amide bonds. The lowest BCUT2D eigenvalue weighted by atomic mass is 9.82. The Morgan fingerprint density at radius 2 is 2.03 bits per heavy atom. The molecule has 1 atom stereocenters. The van der Waals surface area contributed by atoms with Gasteiger partial charge in [0.2, 0.25) is 0 Å². The van der Waals surface area contributed by atoms with E-state index < -0.39 is 5.41 Å². The van der Waals surface area contributed by atoms with Crippen molar-refractivity contribution < 1.29 is 9.47 Å². The average Bonchev–Trinajstić information content (AvgIpc) is 3.35. The lowest BCUT2D eigenvalue weighted by Gasteiger charge is -2.31. The van der Waals surface area contributed by atoms with E-state index in [1.54, 1.807) is 13.3 Å². The van der Waals surface area contributed by atoms with E-state index in [4.69, 9.17) is 26.1 Å². The Labute approximate surface area is 216 Å². The van der Waals surface area contributed by atoms with Crippen LogP contribution < -0.4 is 16.0 Å². The van der Waals surface area contributed by atoms with Crippen LogP contribution in [0.1, 0.15) is 45.4 Å². The molecule has 3 N–H and O–H groups in total. The van der Waals surface area contributed by atoms with Crippen LogP contribution in [0.5, 0.6) is 0 Å². The summed E-state index contributed by atoms with van der Waals surface area (Å²) in [6, 6.07) is 5.77. The number of nitriles is 1. The number of rotatable bonds is 10. The summed E-state index contributed by atoms with van der Waals surface area (Å²) < 4.78 is 10.7. The Morgan fingerprint density at radius 3 is 2.74 bits per heavy atom. The number of thiazole rings is 1. The number of hydrogen-bond acceptors (Lipinski definition) is 9. The van der Waals surface area contributed by atoms with Gasteiger partial charge >= 0.3 is 0 Å². The number of nitrogens with one attached hydrogen (secondary N) is 3. The van der Waals surface area contributed by atoms with Crippen LogP contribution in [0.3, 0.4) is 0 Å². The Hall–Kier alpha value is -1.96. The molecule has 2 fully saturated rings. The van der Waals surface area contributed by atoms with Crippen LogP contribution in [0.15, 0.2) is 17.6 Å². The first-order valence-corrected chi connectivity index (χ1v) is 13.6. The number of pyridine rings is 1. The van der Waals surface area contributed by atoms with Crippen molar-refractivity contribution in [1.82, 2.24) is 15.3 Å². The maximum atomic E-state index is 9.68. The molecule has 1 saturated heterocycles. The summed E-state index contributed by atoms with van der Waals surface area (Å²) in [5.74, 6) is 0.821. The van der Waals surface area contributed by atoms with Gasteiger partial charge < -0.3 is 25.4 Å². The molecule has 3 heterocycles. The Balaban J connectivity index is 1.33. The van der Waals surface area contributed by atoms with Crippen molar-refractivity contribution in [2.24, 2.45) is 5.41 Å². The normalized spacial score (nSPS) is 22.8. The highest BCUT2D eigenvalue weighted by Gasteiger charge is 2.32. The smallest absolute Gasteiger partial charge is 0.183 e. The Kier molecular flexibility index (Phi) is 9.20. The predicted molar refractivity (Wildman–Crippen MR) is 141 cm³/mol. The van der Waals surface area contributed by atoms with Crippen LogP contribution in [-0.2, 0) is 9.47 Å². The molecule has 0 radical (unpaired) electrons. The molecule has 1 saturated carbocycles. The van der Waals surface area contributed by atoms with E-state index in [-0.39, 0.29) is 0 Å². The van der Waals surface area contributed by atoms with Crippen LogP contribution in [0.4, 0.5) is 10.9 Å². The van der Waals surface area contributed by atoms with E-state index >= 15 is 0 Å². The summed E-state index contributed by atoms with van der Waals surface area (Å²) in [5.41, 5.74) is 1.27. The average molecular weight is 519 g/mol. The van der Waals surface area contributed by atoms with E-state index in [2.05, 4.69) is 33.9 Å². The molecule has 10 heteroatoms. The summed E-state index contributed by atoms with van der Waals surface area (Å²) >= 11 is 8.02. The van der Waals surface area contributed by atoms with Gasteiger partial charge in [0, 0.05) is 62.1 Å². The van der Waals surface area contributed by atoms with Gasteiger partial charge in [-0.25, -0.2) is 9.97 Å². The minimum atomic E-state index is -0.397. The molecule has 190 valence electrons. The minimum Gasteiger partial charge on any atom is -0.383 e. The first-order chi connectivity index (χ1) is 17.0. The zero-order valence-corrected chi connectivity index (χ0v) is 22.1. The number of hydrogen-bond donors (Lipinski definition) is 3. The summed E-state index contributed by atoms with van der Waals surface area (Å²) in [4.78, 5) is 9.25. The standard InChI is InChI=1S/C25H35ClN6O2S/c1-17(13-33-2)30-18-3-5-19(6-4-18)31-23-11-20(21(26)12-28-23)22-14-35-24(32-22)29-16-25(15-27)7-9-34-10-8-25/h11-12,14,17-19,30H,3-10,13,16H2,1-2H3,(H,28,31)(H,29,32)/t17-,18-,19-/m0/s1. The highest BCUT2D eigenvalue weighted by atomic mass is 35.5. The van der Waals surface area contributed by atoms with E-state index in [0.717, 1.165) is 67.3 Å². The lowest BCUT2D eigenvalue weighted by Crippen LogP contribution is -2.42. The van der Waals surface area contributed by atoms with Gasteiger partial charge in [-0.2, -0.15) is 5.26 Å². The lowest BCUT2D eigenvalue weighted by molar-refractivity contribution is 0.0456. The fourth-order valence-corrected chi connectivity index (χ4v) is 5.75. The molecule has 0 bridgehead atoms. The molecule has 0 aromatic carbocycles. The second-order valence-corrected chi connectivity index (χ2v) is 10.9. The highest BCUT2D eigenvalue weighted by Crippen LogP contribution is 2.34. The fraction of sp³-hybridized carbons (Fsp3) is 0.640. The third-order valence-corrected chi connectivity index (χ3v) is 8.02. The van der Waals surface area contributed by atoms with Crippen molar-refractivity contribution >= 4 is 33.9 Å². The van der Waals surface area contributed by atoms with Crippen molar-refractivity contribution in [2.45, 2.75) is 63.6 Å². The summed E-state index contributed by atoms with van der Waals surface area (Å²) in [5, 5.41) is 23.7. The second kappa shape index (κ2) is 12.3. The van der Waals surface area contributed by atoms with E-state index in [1.807, 2.05) is 11.4 Å². The first kappa shape index (κ1) is 26.1. The Morgan fingerprint density at radius 1 is 1.29 bits per heavy atom. The molecule has 2 aromatic heterocycles. The zero-order valence-electron chi connectivity index (χ0n) is 20.5. The molecule has 8 nitrogen and oxygen atoms in total. The topological polar surface area (TPSA) is 104 Å². The maximum Gasteiger partial charge on any atom is 0.183 e. The number of ether oxygens (including phenoxy) is 2. The molecule has 2 aliphatic rings. The Bertz CT molecular complexity index is 998. The molecular weight excluding hydrogens is 484 g/mol. The molecular formula is C25H35ClN6O2S. The molecule has 2 aromatic rings. The van der Waals surface area contributed by atoms with Crippen molar-refractivity contribution in [3.05, 3.63) is 22.7 Å². The number of anilines is 2. The van der Waals surface area contributed by atoms with Gasteiger partial charge in [0.15, 0.2) is 5.13 Å². The van der Waals surface area contributed by atoms with Crippen molar-refractivity contribution in [1.29, 1.82) is 5.26 Å². The zero-order chi connectivity index (χ0) is 24.7. The summed E-state index contributed by atoms with van der Waals surface area (Å²) in [6.45, 7) is 4.73. The number of methoxy groups -OCH3 is 1. The van der Waals surface area contributed by atoms with Crippen LogP contribution in [0.2, 0.25) is 5.02 Å². The van der Waals surface area contributed by atoms with Crippen LogP contribution in [0, 0.1) is 16.7 Å². The predicted octanol–water partition coefficient (Wildman–Crippen LogP) is 4.94. The summed E-state index contributed by atoms with van der Waals surface area (Å²) in [7, 11) is 1.74. The van der Waals surface area contributed by atoms with E-state index in [0.29, 0.717) is 42.9 Å². The van der Waals surface area contributed by atoms with Crippen molar-refractivity contribution in [3.63, 3.8) is 0 Å². The van der Waals surface area contributed by atoms with Crippen LogP contribution >= 0.6 is 22.9 Å². The van der Waals surface area contributed by atoms with Gasteiger partial charge in [0.05, 0.1) is 28.8 Å². The second-order valence-electron chi connectivity index (χ2n) is 9.66. The molecule has 4 rings (SSSR count). The van der Waals surface area contributed by atoms with Crippen LogP contribution in [-0.4, -0.2) is 61.6 Å². The van der Waals surface area contributed by atoms with Gasteiger partial charge in [0.25, 0.3) is 0 Å². The molecule has 35 heavy (non-hydrogen) atoms. The number of halogens is 1. The quantitative estimate of drug-likeness (QED) is 0.406. The third-order valence-electron chi connectivity index (χ3n) is 6.92. The SMILES string of the molecule is COC[C@H](C)N[C@H]1CC[C@H](Nc2cc(-c3csc(NCC4(C#N)CCOCC4)n3)c(Cl)cn2)CC1. The summed E-state index contributed by atoms with van der Waals surface area (Å²) in [6.07, 6.45) is 7.61. The minimum absolute atomic E-state index is 0.370. The van der Waals surface area contributed by atoms with Crippen molar-refractivity contribution in [2.75, 3.05) is 44.1 Å². The molecule has 1 aliphatic carbocycles. The number of nitrogens with zero attached hydrogens (tertiary/aromatic N) is 3. The van der Waals surface area contributed by atoms with E-state index in [9.17, 15) is 5.26 Å². The molecule has 1 aliphatic heterocycles. The van der Waals surface area contributed by atoms with Crippen LogP contribution in [0.25, 0.3) is 11.3 Å². The monoisotopic (exact) mass is 518 g/mol. The number of aromatic nitrogens is 2. The molecule has 0 spiro atoms. The van der Waals surface area contributed by atoms with Gasteiger partial charge in [0.1, 0.15) is 5.82 Å². The van der Waals surface area contributed by atoms with Crippen molar-refractivity contribution in [3.8, 4) is 17.3 Å².